The number of nitrogens with one attached hydrogen (secondary N) is 1. The fourth-order valence-electron chi connectivity index (χ4n) is 1.87. The van der Waals surface area contributed by atoms with Crippen molar-refractivity contribution in [3.05, 3.63) is 53.1 Å². The molecule has 0 radical (unpaired) electrons. The predicted octanol–water partition coefficient (Wildman–Crippen LogP) is 2.56. The average Bonchev–Trinajstić information content (AvgIpc) is 2.43. The van der Waals surface area contributed by atoms with Crippen LogP contribution in [0.25, 0.3) is 0 Å². The van der Waals surface area contributed by atoms with Crippen molar-refractivity contribution in [3.63, 3.8) is 0 Å². The van der Waals surface area contributed by atoms with Crippen molar-refractivity contribution in [1.82, 2.24) is 0 Å². The third-order valence-corrected chi connectivity index (χ3v) is 4.62. The van der Waals surface area contributed by atoms with E-state index < -0.39 is 10.0 Å². The molecule has 5 nitrogen and oxygen atoms in total. The second-order valence-electron chi connectivity index (χ2n) is 4.77. The Morgan fingerprint density at radius 1 is 1.10 bits per heavy atom. The van der Waals surface area contributed by atoms with Gasteiger partial charge in [-0.25, -0.2) is 8.42 Å². The van der Waals surface area contributed by atoms with Crippen LogP contribution < -0.4 is 10.5 Å². The van der Waals surface area contributed by atoms with Crippen LogP contribution in [0.3, 0.4) is 0 Å². The fraction of sp³-hybridized carbons (Fsp3) is 0.133. The number of benzene rings is 2. The van der Waals surface area contributed by atoms with Gasteiger partial charge in [0.05, 0.1) is 17.3 Å². The highest BCUT2D eigenvalue weighted by Gasteiger charge is 2.18. The van der Waals surface area contributed by atoms with Gasteiger partial charge in [0.15, 0.2) is 0 Å². The standard InChI is InChI=1S/C15H15N3O2S/c1-10-7-14(17)15(8-11(10)2)21(19,20)18-13-5-3-12(9-16)4-6-13/h3-8,18H,17H2,1-2H3. The van der Waals surface area contributed by atoms with Crippen LogP contribution in [0.4, 0.5) is 11.4 Å². The molecule has 6 heteroatoms. The third-order valence-electron chi connectivity index (χ3n) is 3.18. The second-order valence-corrected chi connectivity index (χ2v) is 6.42. The van der Waals surface area contributed by atoms with Gasteiger partial charge in [-0.1, -0.05) is 0 Å². The Bertz CT molecular complexity index is 819. The Hall–Kier alpha value is -2.52. The molecule has 2 rings (SSSR count). The van der Waals surface area contributed by atoms with Crippen LogP contribution in [0.2, 0.25) is 0 Å². The van der Waals surface area contributed by atoms with Gasteiger partial charge >= 0.3 is 0 Å². The Kier molecular flexibility index (Phi) is 3.87. The summed E-state index contributed by atoms with van der Waals surface area (Å²) >= 11 is 0. The number of nitrogen functional groups attached to an aromatic ring is 1. The Morgan fingerprint density at radius 3 is 2.24 bits per heavy atom. The van der Waals surface area contributed by atoms with E-state index in [2.05, 4.69) is 4.72 Å². The maximum Gasteiger partial charge on any atom is 0.263 e. The lowest BCUT2D eigenvalue weighted by molar-refractivity contribution is 0.601. The van der Waals surface area contributed by atoms with Crippen molar-refractivity contribution < 1.29 is 8.42 Å². The van der Waals surface area contributed by atoms with E-state index in [9.17, 15) is 8.42 Å². The van der Waals surface area contributed by atoms with Crippen molar-refractivity contribution in [2.75, 3.05) is 10.5 Å². The van der Waals surface area contributed by atoms with Gasteiger partial charge in [0, 0.05) is 5.69 Å². The van der Waals surface area contributed by atoms with Crippen LogP contribution in [0.5, 0.6) is 0 Å². The number of nitriles is 1. The van der Waals surface area contributed by atoms with Crippen LogP contribution in [-0.2, 0) is 10.0 Å². The number of sulfonamides is 1. The van der Waals surface area contributed by atoms with Crippen LogP contribution in [-0.4, -0.2) is 8.42 Å². The van der Waals surface area contributed by atoms with Gasteiger partial charge in [0.2, 0.25) is 0 Å². The molecular formula is C15H15N3O2S. The van der Waals surface area contributed by atoms with Gasteiger partial charge in [-0.05, 0) is 61.4 Å². The molecule has 0 spiro atoms. The first-order valence-electron chi connectivity index (χ1n) is 6.23. The molecule has 21 heavy (non-hydrogen) atoms. The summed E-state index contributed by atoms with van der Waals surface area (Å²) in [4.78, 5) is 0.0509. The largest absolute Gasteiger partial charge is 0.398 e. The zero-order valence-electron chi connectivity index (χ0n) is 11.7. The molecule has 0 heterocycles. The molecule has 0 aromatic heterocycles. The fourth-order valence-corrected chi connectivity index (χ4v) is 3.13. The zero-order chi connectivity index (χ0) is 15.6. The van der Waals surface area contributed by atoms with E-state index in [0.29, 0.717) is 11.3 Å². The van der Waals surface area contributed by atoms with Crippen LogP contribution >= 0.6 is 0 Å². The minimum atomic E-state index is -3.76. The van der Waals surface area contributed by atoms with Gasteiger partial charge in [0.25, 0.3) is 10.0 Å². The summed E-state index contributed by atoms with van der Waals surface area (Å²) in [6.45, 7) is 3.70. The molecule has 0 aliphatic carbocycles. The molecule has 0 saturated carbocycles. The van der Waals surface area contributed by atoms with Crippen molar-refractivity contribution in [1.29, 1.82) is 5.26 Å². The first-order valence-corrected chi connectivity index (χ1v) is 7.71. The number of nitrogens with two attached hydrogens (primary N) is 1. The van der Waals surface area contributed by atoms with Crippen LogP contribution in [0, 0.1) is 25.2 Å². The van der Waals surface area contributed by atoms with Crippen LogP contribution in [0.15, 0.2) is 41.3 Å². The summed E-state index contributed by atoms with van der Waals surface area (Å²) < 4.78 is 27.2. The van der Waals surface area contributed by atoms with Gasteiger partial charge in [-0.2, -0.15) is 5.26 Å². The maximum absolute atomic E-state index is 12.4. The van der Waals surface area contributed by atoms with Crippen molar-refractivity contribution >= 4 is 21.4 Å². The number of nitrogens with zero attached hydrogens (tertiary/aromatic N) is 1. The SMILES string of the molecule is Cc1cc(N)c(S(=O)(=O)Nc2ccc(C#N)cc2)cc1C. The molecule has 0 fully saturated rings. The molecule has 108 valence electrons. The van der Waals surface area contributed by atoms with E-state index >= 15 is 0 Å². The number of hydrogen-bond donors (Lipinski definition) is 2. The summed E-state index contributed by atoms with van der Waals surface area (Å²) in [6.07, 6.45) is 0. The minimum absolute atomic E-state index is 0.0509. The monoisotopic (exact) mass is 301 g/mol. The highest BCUT2D eigenvalue weighted by molar-refractivity contribution is 7.92. The summed E-state index contributed by atoms with van der Waals surface area (Å²) in [5.41, 5.74) is 8.65. The van der Waals surface area contributed by atoms with E-state index in [0.717, 1.165) is 11.1 Å². The summed E-state index contributed by atoms with van der Waals surface area (Å²) in [5, 5.41) is 8.73. The summed E-state index contributed by atoms with van der Waals surface area (Å²) in [5.74, 6) is 0. The van der Waals surface area contributed by atoms with Crippen LogP contribution in [0.1, 0.15) is 16.7 Å². The smallest absolute Gasteiger partial charge is 0.263 e. The minimum Gasteiger partial charge on any atom is -0.398 e. The number of anilines is 2. The Labute approximate surface area is 124 Å². The van der Waals surface area contributed by atoms with E-state index in [1.165, 1.54) is 12.1 Å². The van der Waals surface area contributed by atoms with Gasteiger partial charge in [-0.3, -0.25) is 4.72 Å². The number of rotatable bonds is 3. The third kappa shape index (κ3) is 3.15. The lowest BCUT2D eigenvalue weighted by atomic mass is 10.1. The predicted molar refractivity (Wildman–Crippen MR) is 82.3 cm³/mol. The van der Waals surface area contributed by atoms with E-state index in [4.69, 9.17) is 11.0 Å². The van der Waals surface area contributed by atoms with Gasteiger partial charge in [0.1, 0.15) is 4.90 Å². The second kappa shape index (κ2) is 5.46. The quantitative estimate of drug-likeness (QED) is 0.851. The maximum atomic E-state index is 12.4. The average molecular weight is 301 g/mol. The van der Waals surface area contributed by atoms with Gasteiger partial charge in [-0.15, -0.1) is 0 Å². The number of hydrogen-bond acceptors (Lipinski definition) is 4. The zero-order valence-corrected chi connectivity index (χ0v) is 12.5. The normalized spacial score (nSPS) is 10.9. The lowest BCUT2D eigenvalue weighted by Crippen LogP contribution is -2.15. The Morgan fingerprint density at radius 2 is 1.67 bits per heavy atom. The highest BCUT2D eigenvalue weighted by atomic mass is 32.2. The van der Waals surface area contributed by atoms with Gasteiger partial charge < -0.3 is 5.73 Å². The molecule has 0 aliphatic rings. The molecule has 0 unspecified atom stereocenters. The summed E-state index contributed by atoms with van der Waals surface area (Å²) in [6, 6.07) is 11.3. The molecule has 0 atom stereocenters. The van der Waals surface area contributed by atoms with E-state index in [1.807, 2.05) is 19.9 Å². The van der Waals surface area contributed by atoms with E-state index in [-0.39, 0.29) is 10.6 Å². The molecule has 0 aliphatic heterocycles. The highest BCUT2D eigenvalue weighted by Crippen LogP contribution is 2.25. The Balaban J connectivity index is 2.38. The van der Waals surface area contributed by atoms with Crippen molar-refractivity contribution in [3.8, 4) is 6.07 Å². The summed E-state index contributed by atoms with van der Waals surface area (Å²) in [7, 11) is -3.76. The number of aryl methyl sites for hydroxylation is 2. The molecule has 0 amide bonds. The lowest BCUT2D eigenvalue weighted by Gasteiger charge is -2.12. The first-order chi connectivity index (χ1) is 9.83. The molecule has 0 saturated heterocycles. The van der Waals surface area contributed by atoms with Crippen molar-refractivity contribution in [2.45, 2.75) is 18.7 Å². The molecular weight excluding hydrogens is 286 g/mol. The molecule has 2 aromatic carbocycles. The molecule has 3 N–H and O–H groups in total. The first kappa shape index (κ1) is 14.9. The molecule has 2 aromatic rings. The van der Waals surface area contributed by atoms with Crippen molar-refractivity contribution in [2.24, 2.45) is 0 Å². The topological polar surface area (TPSA) is 96.0 Å². The molecule has 0 bridgehead atoms. The van der Waals surface area contributed by atoms with E-state index in [1.54, 1.807) is 24.3 Å².